The van der Waals surface area contributed by atoms with Gasteiger partial charge in [0, 0.05) is 5.92 Å². The minimum Gasteiger partial charge on any atom is -0.198 e. The second-order valence-electron chi connectivity index (χ2n) is 4.48. The third-order valence-electron chi connectivity index (χ3n) is 2.83. The van der Waals surface area contributed by atoms with Crippen molar-refractivity contribution in [3.63, 3.8) is 0 Å². The van der Waals surface area contributed by atoms with E-state index in [2.05, 4.69) is 19.9 Å². The van der Waals surface area contributed by atoms with Gasteiger partial charge in [0.25, 0.3) is 0 Å². The Morgan fingerprint density at radius 1 is 1.25 bits per heavy atom. The quantitative estimate of drug-likeness (QED) is 0.615. The second kappa shape index (κ2) is 4.50. The molecule has 0 unspecified atom stereocenters. The molecule has 1 fully saturated rings. The molecule has 68 valence electrons. The van der Waals surface area contributed by atoms with Crippen molar-refractivity contribution in [2.45, 2.75) is 46.0 Å². The van der Waals surface area contributed by atoms with Crippen molar-refractivity contribution in [3.8, 4) is 6.07 Å². The van der Waals surface area contributed by atoms with Gasteiger partial charge >= 0.3 is 0 Å². The average Bonchev–Trinajstić information content (AvgIpc) is 2.05. The Morgan fingerprint density at radius 3 is 2.25 bits per heavy atom. The smallest absolute Gasteiger partial charge is 0.0655 e. The molecule has 0 N–H and O–H groups in total. The molecule has 0 radical (unpaired) electrons. The van der Waals surface area contributed by atoms with Crippen LogP contribution in [0.1, 0.15) is 46.0 Å². The highest BCUT2D eigenvalue weighted by Crippen LogP contribution is 2.31. The molecule has 0 bridgehead atoms. The molecular weight excluding hydrogens is 146 g/mol. The van der Waals surface area contributed by atoms with E-state index in [1.807, 2.05) is 0 Å². The van der Waals surface area contributed by atoms with E-state index >= 15 is 0 Å². The van der Waals surface area contributed by atoms with Crippen LogP contribution in [0.5, 0.6) is 0 Å². The molecule has 1 rings (SSSR count). The molecule has 0 aromatic rings. The SMILES string of the molecule is CC(C)C[C@H]1CC[C@H](C#N)CC1. The fourth-order valence-electron chi connectivity index (χ4n) is 2.19. The molecule has 1 heteroatoms. The fourth-order valence-corrected chi connectivity index (χ4v) is 2.19. The van der Waals surface area contributed by atoms with Crippen molar-refractivity contribution in [3.05, 3.63) is 0 Å². The average molecular weight is 165 g/mol. The summed E-state index contributed by atoms with van der Waals surface area (Å²) in [7, 11) is 0. The first-order valence-electron chi connectivity index (χ1n) is 5.12. The molecule has 0 saturated heterocycles. The lowest BCUT2D eigenvalue weighted by Gasteiger charge is -2.25. The highest BCUT2D eigenvalue weighted by atomic mass is 14.3. The lowest BCUT2D eigenvalue weighted by atomic mass is 9.79. The topological polar surface area (TPSA) is 23.8 Å². The van der Waals surface area contributed by atoms with Crippen LogP contribution >= 0.6 is 0 Å². The van der Waals surface area contributed by atoms with E-state index in [0.29, 0.717) is 5.92 Å². The van der Waals surface area contributed by atoms with Crippen LogP contribution in [0, 0.1) is 29.1 Å². The van der Waals surface area contributed by atoms with E-state index in [-0.39, 0.29) is 0 Å². The second-order valence-corrected chi connectivity index (χ2v) is 4.48. The molecule has 0 spiro atoms. The minimum absolute atomic E-state index is 0.369. The van der Waals surface area contributed by atoms with Crippen molar-refractivity contribution >= 4 is 0 Å². The summed E-state index contributed by atoms with van der Waals surface area (Å²) in [6.07, 6.45) is 6.23. The van der Waals surface area contributed by atoms with Gasteiger partial charge < -0.3 is 0 Å². The van der Waals surface area contributed by atoms with E-state index < -0.39 is 0 Å². The van der Waals surface area contributed by atoms with E-state index in [9.17, 15) is 0 Å². The summed E-state index contributed by atoms with van der Waals surface area (Å²) in [5.41, 5.74) is 0. The first-order valence-corrected chi connectivity index (χ1v) is 5.12. The molecule has 0 atom stereocenters. The lowest BCUT2D eigenvalue weighted by Crippen LogP contribution is -2.14. The Balaban J connectivity index is 2.23. The van der Waals surface area contributed by atoms with Gasteiger partial charge in [-0.15, -0.1) is 0 Å². The monoisotopic (exact) mass is 165 g/mol. The van der Waals surface area contributed by atoms with Gasteiger partial charge in [0.1, 0.15) is 0 Å². The Labute approximate surface area is 75.8 Å². The highest BCUT2D eigenvalue weighted by Gasteiger charge is 2.20. The summed E-state index contributed by atoms with van der Waals surface area (Å²) in [6.45, 7) is 4.58. The van der Waals surface area contributed by atoms with Crippen LogP contribution < -0.4 is 0 Å². The number of hydrogen-bond acceptors (Lipinski definition) is 1. The molecule has 1 aliphatic rings. The summed E-state index contributed by atoms with van der Waals surface area (Å²) < 4.78 is 0. The minimum atomic E-state index is 0.369. The van der Waals surface area contributed by atoms with Gasteiger partial charge in [0.05, 0.1) is 6.07 Å². The van der Waals surface area contributed by atoms with Gasteiger partial charge in [0.2, 0.25) is 0 Å². The number of nitriles is 1. The summed E-state index contributed by atoms with van der Waals surface area (Å²) in [4.78, 5) is 0. The molecule has 0 aromatic heterocycles. The van der Waals surface area contributed by atoms with E-state index in [0.717, 1.165) is 24.7 Å². The summed E-state index contributed by atoms with van der Waals surface area (Å²) in [5, 5.41) is 8.71. The molecule has 0 amide bonds. The Hall–Kier alpha value is -0.510. The van der Waals surface area contributed by atoms with Crippen LogP contribution in [-0.4, -0.2) is 0 Å². The Morgan fingerprint density at radius 2 is 1.83 bits per heavy atom. The Bertz CT molecular complexity index is 158. The van der Waals surface area contributed by atoms with Crippen molar-refractivity contribution in [2.24, 2.45) is 17.8 Å². The van der Waals surface area contributed by atoms with Gasteiger partial charge in [-0.25, -0.2) is 0 Å². The van der Waals surface area contributed by atoms with Crippen molar-refractivity contribution < 1.29 is 0 Å². The van der Waals surface area contributed by atoms with Crippen LogP contribution in [0.4, 0.5) is 0 Å². The van der Waals surface area contributed by atoms with Crippen LogP contribution in [0.2, 0.25) is 0 Å². The first-order chi connectivity index (χ1) is 5.72. The summed E-state index contributed by atoms with van der Waals surface area (Å²) in [5.74, 6) is 2.11. The van der Waals surface area contributed by atoms with Crippen LogP contribution in [0.25, 0.3) is 0 Å². The predicted octanol–water partition coefficient (Wildman–Crippen LogP) is 3.36. The van der Waals surface area contributed by atoms with E-state index in [1.54, 1.807) is 0 Å². The molecule has 0 aliphatic heterocycles. The van der Waals surface area contributed by atoms with Gasteiger partial charge in [0.15, 0.2) is 0 Å². The molecule has 1 aliphatic carbocycles. The first kappa shape index (κ1) is 9.58. The molecule has 1 nitrogen and oxygen atoms in total. The number of rotatable bonds is 2. The summed E-state index contributed by atoms with van der Waals surface area (Å²) >= 11 is 0. The maximum absolute atomic E-state index is 8.71. The van der Waals surface area contributed by atoms with Gasteiger partial charge in [-0.05, 0) is 43.9 Å². The van der Waals surface area contributed by atoms with Gasteiger partial charge in [-0.2, -0.15) is 5.26 Å². The molecule has 12 heavy (non-hydrogen) atoms. The zero-order chi connectivity index (χ0) is 8.97. The molecule has 1 saturated carbocycles. The third-order valence-corrected chi connectivity index (χ3v) is 2.83. The molecule has 0 aromatic carbocycles. The predicted molar refractivity (Wildman–Crippen MR) is 50.5 cm³/mol. The standard InChI is InChI=1S/C11H19N/c1-9(2)7-10-3-5-11(8-12)6-4-10/h9-11H,3-7H2,1-2H3/t10-,11-. The zero-order valence-electron chi connectivity index (χ0n) is 8.21. The molecule has 0 heterocycles. The van der Waals surface area contributed by atoms with Gasteiger partial charge in [-0.1, -0.05) is 13.8 Å². The number of nitrogens with zero attached hydrogens (tertiary/aromatic N) is 1. The van der Waals surface area contributed by atoms with Crippen molar-refractivity contribution in [1.29, 1.82) is 5.26 Å². The van der Waals surface area contributed by atoms with Crippen LogP contribution in [-0.2, 0) is 0 Å². The van der Waals surface area contributed by atoms with E-state index in [1.165, 1.54) is 19.3 Å². The Kier molecular flexibility index (Phi) is 3.59. The zero-order valence-corrected chi connectivity index (χ0v) is 8.21. The summed E-state index contributed by atoms with van der Waals surface area (Å²) in [6, 6.07) is 2.38. The molecular formula is C11H19N. The van der Waals surface area contributed by atoms with Crippen LogP contribution in [0.3, 0.4) is 0 Å². The van der Waals surface area contributed by atoms with Crippen molar-refractivity contribution in [2.75, 3.05) is 0 Å². The fraction of sp³-hybridized carbons (Fsp3) is 0.909. The third kappa shape index (κ3) is 2.85. The van der Waals surface area contributed by atoms with Gasteiger partial charge in [-0.3, -0.25) is 0 Å². The number of hydrogen-bond donors (Lipinski definition) is 0. The normalized spacial score (nSPS) is 30.2. The van der Waals surface area contributed by atoms with Crippen molar-refractivity contribution in [1.82, 2.24) is 0 Å². The lowest BCUT2D eigenvalue weighted by molar-refractivity contribution is 0.274. The largest absolute Gasteiger partial charge is 0.198 e. The maximum Gasteiger partial charge on any atom is 0.0655 e. The maximum atomic E-state index is 8.71. The van der Waals surface area contributed by atoms with E-state index in [4.69, 9.17) is 5.26 Å². The highest BCUT2D eigenvalue weighted by molar-refractivity contribution is 4.87. The van der Waals surface area contributed by atoms with Crippen LogP contribution in [0.15, 0.2) is 0 Å².